The Bertz CT molecular complexity index is 573. The molecular weight excluding hydrogens is 326 g/mol. The minimum atomic E-state index is -0.136. The predicted octanol–water partition coefficient (Wildman–Crippen LogP) is 1.91. The normalized spacial score (nSPS) is 17.8. The average Bonchev–Trinajstić information content (AvgIpc) is 2.93. The van der Waals surface area contributed by atoms with Gasteiger partial charge in [0.15, 0.2) is 0 Å². The molecule has 6 nitrogen and oxygen atoms in total. The Morgan fingerprint density at radius 3 is 2.96 bits per heavy atom. The van der Waals surface area contributed by atoms with Gasteiger partial charge in [-0.1, -0.05) is 6.92 Å². The second-order valence-electron chi connectivity index (χ2n) is 6.20. The molecule has 1 aromatic heterocycles. The van der Waals surface area contributed by atoms with E-state index in [1.165, 1.54) is 7.11 Å². The second kappa shape index (κ2) is 9.13. The highest BCUT2D eigenvalue weighted by Crippen LogP contribution is 2.20. The fourth-order valence-electron chi connectivity index (χ4n) is 2.92. The van der Waals surface area contributed by atoms with Crippen LogP contribution in [0, 0.1) is 12.8 Å². The highest BCUT2D eigenvalue weighted by Gasteiger charge is 2.28. The van der Waals surface area contributed by atoms with Gasteiger partial charge < -0.3 is 15.0 Å². The monoisotopic (exact) mass is 353 g/mol. The Kier molecular flexibility index (Phi) is 7.17. The van der Waals surface area contributed by atoms with Crippen LogP contribution in [0.2, 0.25) is 0 Å². The summed E-state index contributed by atoms with van der Waals surface area (Å²) >= 11 is 1.68. The molecule has 0 radical (unpaired) electrons. The van der Waals surface area contributed by atoms with E-state index < -0.39 is 0 Å². The van der Waals surface area contributed by atoms with Crippen molar-refractivity contribution in [1.82, 2.24) is 15.2 Å². The van der Waals surface area contributed by atoms with Gasteiger partial charge in [0.1, 0.15) is 6.61 Å². The van der Waals surface area contributed by atoms with E-state index in [0.717, 1.165) is 41.3 Å². The number of carbonyl (C=O) groups is 2. The van der Waals surface area contributed by atoms with Gasteiger partial charge in [-0.3, -0.25) is 9.59 Å². The molecule has 0 aromatic carbocycles. The number of ether oxygens (including phenoxy) is 1. The summed E-state index contributed by atoms with van der Waals surface area (Å²) in [7, 11) is 1.51. The highest BCUT2D eigenvalue weighted by molar-refractivity contribution is 7.11. The molecule has 134 valence electrons. The van der Waals surface area contributed by atoms with E-state index in [4.69, 9.17) is 4.74 Å². The number of hydrogen-bond donors (Lipinski definition) is 1. The van der Waals surface area contributed by atoms with Crippen LogP contribution in [0.4, 0.5) is 0 Å². The highest BCUT2D eigenvalue weighted by atomic mass is 32.1. The number of aromatic nitrogens is 1. The molecule has 0 unspecified atom stereocenters. The molecule has 0 saturated carbocycles. The van der Waals surface area contributed by atoms with E-state index in [0.29, 0.717) is 19.6 Å². The van der Waals surface area contributed by atoms with E-state index in [9.17, 15) is 9.59 Å². The van der Waals surface area contributed by atoms with Crippen molar-refractivity contribution in [2.75, 3.05) is 26.8 Å². The maximum absolute atomic E-state index is 12.4. The number of nitrogens with zero attached hydrogens (tertiary/aromatic N) is 2. The lowest BCUT2D eigenvalue weighted by atomic mass is 9.97. The molecule has 1 atom stereocenters. The first-order valence-corrected chi connectivity index (χ1v) is 9.36. The van der Waals surface area contributed by atoms with Crippen LogP contribution in [-0.2, 0) is 27.3 Å². The topological polar surface area (TPSA) is 71.5 Å². The number of amides is 2. The van der Waals surface area contributed by atoms with Crippen molar-refractivity contribution in [2.45, 2.75) is 46.1 Å². The Balaban J connectivity index is 1.86. The Labute approximate surface area is 147 Å². The zero-order chi connectivity index (χ0) is 17.5. The Morgan fingerprint density at radius 2 is 2.25 bits per heavy atom. The molecule has 1 aliphatic heterocycles. The average molecular weight is 353 g/mol. The molecule has 24 heavy (non-hydrogen) atoms. The molecule has 0 aliphatic carbocycles. The Hall–Kier alpha value is -1.47. The summed E-state index contributed by atoms with van der Waals surface area (Å²) in [6, 6.07) is 0. The van der Waals surface area contributed by atoms with Crippen LogP contribution in [0.1, 0.15) is 41.8 Å². The first kappa shape index (κ1) is 18.9. The van der Waals surface area contributed by atoms with Gasteiger partial charge in [-0.2, -0.15) is 0 Å². The number of thiazole rings is 1. The molecule has 2 amide bonds. The molecule has 1 aromatic rings. The molecule has 2 rings (SSSR count). The zero-order valence-electron chi connectivity index (χ0n) is 14.8. The number of methoxy groups -OCH3 is 1. The minimum Gasteiger partial charge on any atom is -0.375 e. The van der Waals surface area contributed by atoms with Gasteiger partial charge in [-0.15, -0.1) is 11.3 Å². The molecular formula is C17H27N3O3S. The zero-order valence-corrected chi connectivity index (χ0v) is 15.6. The van der Waals surface area contributed by atoms with E-state index in [1.807, 2.05) is 6.92 Å². The lowest BCUT2D eigenvalue weighted by molar-refractivity contribution is -0.139. The van der Waals surface area contributed by atoms with Crippen molar-refractivity contribution >= 4 is 23.2 Å². The summed E-state index contributed by atoms with van der Waals surface area (Å²) in [5.74, 6) is -0.157. The first-order valence-electron chi connectivity index (χ1n) is 8.54. The van der Waals surface area contributed by atoms with Gasteiger partial charge >= 0.3 is 0 Å². The number of rotatable bonds is 7. The van der Waals surface area contributed by atoms with Crippen molar-refractivity contribution in [1.29, 1.82) is 0 Å². The number of hydrogen-bond acceptors (Lipinski definition) is 5. The summed E-state index contributed by atoms with van der Waals surface area (Å²) in [6.45, 7) is 5.92. The molecule has 1 aliphatic rings. The van der Waals surface area contributed by atoms with Crippen molar-refractivity contribution < 1.29 is 14.3 Å². The SMILES string of the molecule is CCCc1nc(C)c(CNC(=O)[C@@H]2CCCN(C(=O)COC)C2)s1. The van der Waals surface area contributed by atoms with Crippen LogP contribution in [0.25, 0.3) is 0 Å². The number of aryl methyl sites for hydroxylation is 2. The van der Waals surface area contributed by atoms with Gasteiger partial charge in [0.2, 0.25) is 11.8 Å². The fraction of sp³-hybridized carbons (Fsp3) is 0.706. The molecule has 1 saturated heterocycles. The maximum atomic E-state index is 12.4. The van der Waals surface area contributed by atoms with Crippen LogP contribution >= 0.6 is 11.3 Å². The summed E-state index contributed by atoms with van der Waals surface area (Å²) in [4.78, 5) is 31.8. The van der Waals surface area contributed by atoms with Gasteiger partial charge in [-0.25, -0.2) is 4.98 Å². The molecule has 7 heteroatoms. The van der Waals surface area contributed by atoms with E-state index in [2.05, 4.69) is 17.2 Å². The number of carbonyl (C=O) groups excluding carboxylic acids is 2. The van der Waals surface area contributed by atoms with Crippen LogP contribution in [-0.4, -0.2) is 48.5 Å². The summed E-state index contributed by atoms with van der Waals surface area (Å²) < 4.78 is 4.90. The van der Waals surface area contributed by atoms with E-state index in [-0.39, 0.29) is 24.3 Å². The third-order valence-corrected chi connectivity index (χ3v) is 5.45. The third kappa shape index (κ3) is 5.01. The molecule has 1 N–H and O–H groups in total. The molecule has 0 spiro atoms. The lowest BCUT2D eigenvalue weighted by Gasteiger charge is -2.31. The van der Waals surface area contributed by atoms with Crippen molar-refractivity contribution in [3.8, 4) is 0 Å². The lowest BCUT2D eigenvalue weighted by Crippen LogP contribution is -2.46. The number of piperidine rings is 1. The minimum absolute atomic E-state index is 0.0229. The Morgan fingerprint density at radius 1 is 1.46 bits per heavy atom. The maximum Gasteiger partial charge on any atom is 0.248 e. The van der Waals surface area contributed by atoms with E-state index in [1.54, 1.807) is 16.2 Å². The third-order valence-electron chi connectivity index (χ3n) is 4.24. The largest absolute Gasteiger partial charge is 0.375 e. The summed E-state index contributed by atoms with van der Waals surface area (Å²) in [6.07, 6.45) is 3.74. The predicted molar refractivity (Wildman–Crippen MR) is 93.9 cm³/mol. The van der Waals surface area contributed by atoms with Crippen molar-refractivity contribution in [3.05, 3.63) is 15.6 Å². The first-order chi connectivity index (χ1) is 11.5. The number of likely N-dealkylation sites (tertiary alicyclic amines) is 1. The molecule has 1 fully saturated rings. The summed E-state index contributed by atoms with van der Waals surface area (Å²) in [5, 5.41) is 4.15. The van der Waals surface area contributed by atoms with Gasteiger partial charge in [0, 0.05) is 25.1 Å². The van der Waals surface area contributed by atoms with Crippen LogP contribution in [0.15, 0.2) is 0 Å². The molecule has 0 bridgehead atoms. The van der Waals surface area contributed by atoms with Gasteiger partial charge in [0.25, 0.3) is 0 Å². The number of nitrogens with one attached hydrogen (secondary N) is 1. The van der Waals surface area contributed by atoms with E-state index >= 15 is 0 Å². The fourth-order valence-corrected chi connectivity index (χ4v) is 4.03. The van der Waals surface area contributed by atoms with Crippen LogP contribution < -0.4 is 5.32 Å². The quantitative estimate of drug-likeness (QED) is 0.813. The van der Waals surface area contributed by atoms with Crippen LogP contribution in [0.3, 0.4) is 0 Å². The van der Waals surface area contributed by atoms with Gasteiger partial charge in [-0.05, 0) is 32.6 Å². The standard InChI is InChI=1S/C17H27N3O3S/c1-4-6-15-19-12(2)14(24-15)9-18-17(22)13-7-5-8-20(10-13)16(21)11-23-3/h13H,4-11H2,1-3H3,(H,18,22)/t13-/m1/s1. The smallest absolute Gasteiger partial charge is 0.248 e. The van der Waals surface area contributed by atoms with Crippen LogP contribution in [0.5, 0.6) is 0 Å². The molecule has 2 heterocycles. The van der Waals surface area contributed by atoms with Crippen molar-refractivity contribution in [2.24, 2.45) is 5.92 Å². The van der Waals surface area contributed by atoms with Crippen molar-refractivity contribution in [3.63, 3.8) is 0 Å². The summed E-state index contributed by atoms with van der Waals surface area (Å²) in [5.41, 5.74) is 1.00. The second-order valence-corrected chi connectivity index (χ2v) is 7.36. The van der Waals surface area contributed by atoms with Gasteiger partial charge in [0.05, 0.1) is 23.2 Å².